The first-order valence-corrected chi connectivity index (χ1v) is 8.59. The van der Waals surface area contributed by atoms with Crippen LogP contribution in [0.15, 0.2) is 54.6 Å². The highest BCUT2D eigenvalue weighted by Gasteiger charge is 2.15. The van der Waals surface area contributed by atoms with Crippen LogP contribution in [0.1, 0.15) is 17.1 Å². The Bertz CT molecular complexity index is 1210. The van der Waals surface area contributed by atoms with E-state index in [-0.39, 0.29) is 34.6 Å². The van der Waals surface area contributed by atoms with Crippen LogP contribution in [0.25, 0.3) is 34.6 Å². The van der Waals surface area contributed by atoms with Crippen molar-refractivity contribution in [3.8, 4) is 52.8 Å². The largest absolute Gasteiger partial charge is 0.234 e. The van der Waals surface area contributed by atoms with Crippen LogP contribution in [0, 0.1) is 34.0 Å². The zero-order valence-corrected chi connectivity index (χ0v) is 15.2. The molecule has 0 atom stereocenters. The van der Waals surface area contributed by atoms with Crippen molar-refractivity contribution in [1.82, 2.24) is 29.9 Å². The summed E-state index contributed by atoms with van der Waals surface area (Å²) in [4.78, 5) is 26.0. The zero-order valence-electron chi connectivity index (χ0n) is 15.2. The number of nitriles is 3. The molecule has 30 heavy (non-hydrogen) atoms. The fraction of sp³-hybridized carbons (Fsp3) is 0. The summed E-state index contributed by atoms with van der Waals surface area (Å²) in [6, 6.07) is 20.7. The van der Waals surface area contributed by atoms with Crippen LogP contribution in [0.4, 0.5) is 0 Å². The Kier molecular flexibility index (Phi) is 4.81. The van der Waals surface area contributed by atoms with Crippen LogP contribution in [0.3, 0.4) is 0 Å². The quantitative estimate of drug-likeness (QED) is 0.517. The highest BCUT2D eigenvalue weighted by molar-refractivity contribution is 5.62. The van der Waals surface area contributed by atoms with Gasteiger partial charge in [-0.05, 0) is 36.4 Å². The highest BCUT2D eigenvalue weighted by Crippen LogP contribution is 2.22. The van der Waals surface area contributed by atoms with E-state index in [2.05, 4.69) is 29.9 Å². The molecule has 0 unspecified atom stereocenters. The number of hydrogen-bond acceptors (Lipinski definition) is 9. The Balaban J connectivity index is 1.95. The van der Waals surface area contributed by atoms with Crippen molar-refractivity contribution in [2.75, 3.05) is 0 Å². The molecule has 0 aliphatic heterocycles. The molecule has 9 nitrogen and oxygen atoms in total. The molecule has 4 aromatic rings. The van der Waals surface area contributed by atoms with Crippen molar-refractivity contribution in [3.05, 3.63) is 71.7 Å². The summed E-state index contributed by atoms with van der Waals surface area (Å²) < 4.78 is 0. The lowest BCUT2D eigenvalue weighted by Gasteiger charge is -2.07. The standard InChI is InChI=1S/C21H9N9/c22-10-13-4-1-7-16(25-13)19-28-20(17-8-2-5-14(11-23)26-17)30-21(29-19)18-9-3-6-15(12-24)27-18/h1-9H. The second-order valence-corrected chi connectivity index (χ2v) is 5.87. The summed E-state index contributed by atoms with van der Waals surface area (Å²) >= 11 is 0. The van der Waals surface area contributed by atoms with Gasteiger partial charge in [0.1, 0.15) is 52.4 Å². The Labute approximate surface area is 170 Å². The lowest BCUT2D eigenvalue weighted by Crippen LogP contribution is -2.04. The Morgan fingerprint density at radius 2 is 0.733 bits per heavy atom. The molecule has 0 saturated heterocycles. The fourth-order valence-corrected chi connectivity index (χ4v) is 2.58. The molecule has 0 saturated carbocycles. The van der Waals surface area contributed by atoms with Gasteiger partial charge in [-0.1, -0.05) is 18.2 Å². The first kappa shape index (κ1) is 18.3. The van der Waals surface area contributed by atoms with Crippen molar-refractivity contribution >= 4 is 0 Å². The van der Waals surface area contributed by atoms with Crippen LogP contribution in [-0.2, 0) is 0 Å². The lowest BCUT2D eigenvalue weighted by atomic mass is 10.2. The maximum absolute atomic E-state index is 9.14. The predicted octanol–water partition coefficient (Wildman–Crippen LogP) is 2.67. The normalized spacial score (nSPS) is 9.90. The van der Waals surface area contributed by atoms with Gasteiger partial charge in [0.2, 0.25) is 0 Å². The van der Waals surface area contributed by atoms with Gasteiger partial charge in [0.25, 0.3) is 0 Å². The molecular weight excluding hydrogens is 378 g/mol. The van der Waals surface area contributed by atoms with E-state index in [0.717, 1.165) is 0 Å². The minimum absolute atomic E-state index is 0.209. The second-order valence-electron chi connectivity index (χ2n) is 5.87. The third kappa shape index (κ3) is 3.65. The van der Waals surface area contributed by atoms with Crippen molar-refractivity contribution in [2.24, 2.45) is 0 Å². The van der Waals surface area contributed by atoms with Gasteiger partial charge in [-0.2, -0.15) is 15.8 Å². The SMILES string of the molecule is N#Cc1cccc(-c2nc(-c3cccc(C#N)n3)nc(-c3cccc(C#N)n3)n2)n1. The monoisotopic (exact) mass is 387 g/mol. The van der Waals surface area contributed by atoms with Crippen LogP contribution in [0.2, 0.25) is 0 Å². The maximum atomic E-state index is 9.14. The molecule has 0 spiro atoms. The Morgan fingerprint density at radius 1 is 0.433 bits per heavy atom. The average molecular weight is 387 g/mol. The molecule has 0 aromatic carbocycles. The average Bonchev–Trinajstić information content (AvgIpc) is 2.83. The summed E-state index contributed by atoms with van der Waals surface area (Å²) in [7, 11) is 0. The first-order chi connectivity index (χ1) is 14.7. The lowest BCUT2D eigenvalue weighted by molar-refractivity contribution is 1.03. The van der Waals surface area contributed by atoms with Gasteiger partial charge >= 0.3 is 0 Å². The van der Waals surface area contributed by atoms with Gasteiger partial charge in [-0.15, -0.1) is 0 Å². The minimum atomic E-state index is 0.209. The number of pyridine rings is 3. The summed E-state index contributed by atoms with van der Waals surface area (Å²) in [5.74, 6) is 0.626. The van der Waals surface area contributed by atoms with Crippen molar-refractivity contribution in [2.45, 2.75) is 0 Å². The van der Waals surface area contributed by atoms with E-state index in [1.54, 1.807) is 54.6 Å². The maximum Gasteiger partial charge on any atom is 0.182 e. The van der Waals surface area contributed by atoms with E-state index in [9.17, 15) is 0 Å². The molecule has 0 radical (unpaired) electrons. The Morgan fingerprint density at radius 3 is 1.00 bits per heavy atom. The molecule has 4 rings (SSSR count). The van der Waals surface area contributed by atoms with Gasteiger partial charge < -0.3 is 0 Å². The van der Waals surface area contributed by atoms with Crippen LogP contribution < -0.4 is 0 Å². The molecule has 0 aliphatic rings. The molecule has 0 fully saturated rings. The van der Waals surface area contributed by atoms with Crippen LogP contribution >= 0.6 is 0 Å². The van der Waals surface area contributed by atoms with Crippen molar-refractivity contribution < 1.29 is 0 Å². The van der Waals surface area contributed by atoms with Crippen molar-refractivity contribution in [3.63, 3.8) is 0 Å². The first-order valence-electron chi connectivity index (χ1n) is 8.59. The minimum Gasteiger partial charge on any atom is -0.234 e. The highest BCUT2D eigenvalue weighted by atomic mass is 15.1. The molecule has 0 bridgehead atoms. The van der Waals surface area contributed by atoms with Gasteiger partial charge in [-0.3, -0.25) is 0 Å². The number of rotatable bonds is 3. The molecule has 0 N–H and O–H groups in total. The molecular formula is C21H9N9. The molecule has 9 heteroatoms. The molecule has 4 heterocycles. The Hall–Kier alpha value is -5.07. The summed E-state index contributed by atoms with van der Waals surface area (Å²) in [6.45, 7) is 0. The predicted molar refractivity (Wildman–Crippen MR) is 104 cm³/mol. The van der Waals surface area contributed by atoms with Gasteiger partial charge in [0.05, 0.1) is 0 Å². The number of nitrogens with zero attached hydrogens (tertiary/aromatic N) is 9. The summed E-state index contributed by atoms with van der Waals surface area (Å²) in [6.07, 6.45) is 0. The number of aromatic nitrogens is 6. The van der Waals surface area contributed by atoms with E-state index >= 15 is 0 Å². The van der Waals surface area contributed by atoms with Gasteiger partial charge in [-0.25, -0.2) is 29.9 Å². The zero-order chi connectivity index (χ0) is 20.9. The smallest absolute Gasteiger partial charge is 0.182 e. The second kappa shape index (κ2) is 7.89. The van der Waals surface area contributed by atoms with Gasteiger partial charge in [0, 0.05) is 0 Å². The van der Waals surface area contributed by atoms with E-state index < -0.39 is 0 Å². The summed E-state index contributed by atoms with van der Waals surface area (Å²) in [5, 5.41) is 27.4. The topological polar surface area (TPSA) is 149 Å². The number of hydrogen-bond donors (Lipinski definition) is 0. The van der Waals surface area contributed by atoms with Crippen molar-refractivity contribution in [1.29, 1.82) is 15.8 Å². The van der Waals surface area contributed by atoms with Crippen LogP contribution in [-0.4, -0.2) is 29.9 Å². The third-order valence-corrected chi connectivity index (χ3v) is 3.91. The molecule has 0 aliphatic carbocycles. The van der Waals surface area contributed by atoms with Gasteiger partial charge in [0.15, 0.2) is 17.5 Å². The van der Waals surface area contributed by atoms with E-state index in [1.165, 1.54) is 0 Å². The van der Waals surface area contributed by atoms with Crippen LogP contribution in [0.5, 0.6) is 0 Å². The van der Waals surface area contributed by atoms with E-state index in [0.29, 0.717) is 17.1 Å². The molecule has 4 aromatic heterocycles. The third-order valence-electron chi connectivity index (χ3n) is 3.91. The molecule has 138 valence electrons. The van der Waals surface area contributed by atoms with E-state index in [1.807, 2.05) is 18.2 Å². The summed E-state index contributed by atoms with van der Waals surface area (Å²) in [5.41, 5.74) is 1.74. The van der Waals surface area contributed by atoms with E-state index in [4.69, 9.17) is 15.8 Å². The molecule has 0 amide bonds. The fourth-order valence-electron chi connectivity index (χ4n) is 2.58.